The molecule has 1 saturated carbocycles. The molecule has 3 nitrogen and oxygen atoms in total. The first kappa shape index (κ1) is 15.3. The summed E-state index contributed by atoms with van der Waals surface area (Å²) in [7, 11) is 0. The highest BCUT2D eigenvalue weighted by Gasteiger charge is 2.45. The number of rotatable bonds is 8. The molecule has 0 radical (unpaired) electrons. The van der Waals surface area contributed by atoms with E-state index in [0.29, 0.717) is 12.5 Å². The van der Waals surface area contributed by atoms with Crippen LogP contribution in [0.2, 0.25) is 0 Å². The predicted molar refractivity (Wildman–Crippen MR) is 80.3 cm³/mol. The van der Waals surface area contributed by atoms with Crippen molar-refractivity contribution in [2.45, 2.75) is 57.9 Å². The lowest BCUT2D eigenvalue weighted by atomic mass is 9.89. The largest absolute Gasteiger partial charge is 0.394 e. The van der Waals surface area contributed by atoms with Gasteiger partial charge in [0.1, 0.15) is 0 Å². The smallest absolute Gasteiger partial charge is 0.0628 e. The highest BCUT2D eigenvalue weighted by Crippen LogP contribution is 2.40. The average Bonchev–Trinajstić information content (AvgIpc) is 3.25. The second kappa shape index (κ2) is 7.05. The summed E-state index contributed by atoms with van der Waals surface area (Å²) in [5.74, 6) is 1.65. The Hall–Kier alpha value is -0.120. The third-order valence-corrected chi connectivity index (χ3v) is 5.08. The molecule has 1 heterocycles. The molecule has 1 unspecified atom stereocenters. The SMILES string of the molecule is CCCC1CCN(CC(CO)(NCC)C2CC2)CC1. The van der Waals surface area contributed by atoms with Crippen LogP contribution in [0.3, 0.4) is 0 Å². The fourth-order valence-corrected chi connectivity index (χ4v) is 3.79. The van der Waals surface area contributed by atoms with Crippen LogP contribution in [0.1, 0.15) is 52.4 Å². The number of aliphatic hydroxyl groups excluding tert-OH is 1. The topological polar surface area (TPSA) is 35.5 Å². The summed E-state index contributed by atoms with van der Waals surface area (Å²) in [5.41, 5.74) is -0.0215. The first-order valence-electron chi connectivity index (χ1n) is 8.32. The number of piperidine rings is 1. The summed E-state index contributed by atoms with van der Waals surface area (Å²) in [5, 5.41) is 13.5. The second-order valence-corrected chi connectivity index (χ2v) is 6.63. The Labute approximate surface area is 118 Å². The van der Waals surface area contributed by atoms with E-state index in [1.807, 2.05) is 0 Å². The summed E-state index contributed by atoms with van der Waals surface area (Å²) in [4.78, 5) is 2.59. The lowest BCUT2D eigenvalue weighted by molar-refractivity contribution is 0.0727. The number of hydrogen-bond donors (Lipinski definition) is 2. The molecule has 0 bridgehead atoms. The third-order valence-electron chi connectivity index (χ3n) is 5.08. The van der Waals surface area contributed by atoms with E-state index in [1.54, 1.807) is 0 Å². The zero-order valence-electron chi connectivity index (χ0n) is 12.8. The number of hydrogen-bond acceptors (Lipinski definition) is 3. The number of nitrogens with zero attached hydrogens (tertiary/aromatic N) is 1. The van der Waals surface area contributed by atoms with Gasteiger partial charge in [-0.25, -0.2) is 0 Å². The summed E-state index contributed by atoms with van der Waals surface area (Å²) in [6.07, 6.45) is 8.01. The molecule has 1 aliphatic heterocycles. The maximum absolute atomic E-state index is 9.90. The van der Waals surface area contributed by atoms with Crippen molar-refractivity contribution in [1.82, 2.24) is 10.2 Å². The summed E-state index contributed by atoms with van der Waals surface area (Å²) in [6.45, 7) is 9.20. The summed E-state index contributed by atoms with van der Waals surface area (Å²) >= 11 is 0. The first-order valence-corrected chi connectivity index (χ1v) is 8.32. The van der Waals surface area contributed by atoms with Gasteiger partial charge in [-0.15, -0.1) is 0 Å². The molecule has 112 valence electrons. The molecular weight excluding hydrogens is 236 g/mol. The Morgan fingerprint density at radius 1 is 1.16 bits per heavy atom. The predicted octanol–water partition coefficient (Wildman–Crippen LogP) is 2.25. The van der Waals surface area contributed by atoms with Crippen molar-refractivity contribution in [2.75, 3.05) is 32.8 Å². The number of likely N-dealkylation sites (tertiary alicyclic amines) is 1. The lowest BCUT2D eigenvalue weighted by Gasteiger charge is -2.41. The van der Waals surface area contributed by atoms with Crippen molar-refractivity contribution in [1.29, 1.82) is 0 Å². The average molecular weight is 268 g/mol. The van der Waals surface area contributed by atoms with Crippen LogP contribution in [-0.4, -0.2) is 48.3 Å². The van der Waals surface area contributed by atoms with Gasteiger partial charge in [-0.3, -0.25) is 0 Å². The normalized spacial score (nSPS) is 25.4. The van der Waals surface area contributed by atoms with Gasteiger partial charge in [0.25, 0.3) is 0 Å². The van der Waals surface area contributed by atoms with Gasteiger partial charge in [0.2, 0.25) is 0 Å². The fourth-order valence-electron chi connectivity index (χ4n) is 3.79. The summed E-state index contributed by atoms with van der Waals surface area (Å²) < 4.78 is 0. The van der Waals surface area contributed by atoms with Gasteiger partial charge in [-0.1, -0.05) is 26.7 Å². The van der Waals surface area contributed by atoms with E-state index in [1.165, 1.54) is 51.6 Å². The molecule has 19 heavy (non-hydrogen) atoms. The molecule has 1 atom stereocenters. The molecular formula is C16H32N2O. The van der Waals surface area contributed by atoms with E-state index in [0.717, 1.165) is 19.0 Å². The van der Waals surface area contributed by atoms with Gasteiger partial charge in [0.05, 0.1) is 12.1 Å². The Morgan fingerprint density at radius 3 is 2.32 bits per heavy atom. The molecule has 0 aromatic heterocycles. The maximum atomic E-state index is 9.90. The van der Waals surface area contributed by atoms with Crippen molar-refractivity contribution in [3.05, 3.63) is 0 Å². The maximum Gasteiger partial charge on any atom is 0.0628 e. The molecule has 0 amide bonds. The van der Waals surface area contributed by atoms with Crippen LogP contribution in [0, 0.1) is 11.8 Å². The number of likely N-dealkylation sites (N-methyl/N-ethyl adjacent to an activating group) is 1. The minimum atomic E-state index is -0.0215. The van der Waals surface area contributed by atoms with E-state index in [-0.39, 0.29) is 5.54 Å². The van der Waals surface area contributed by atoms with Crippen LogP contribution in [-0.2, 0) is 0 Å². The minimum absolute atomic E-state index is 0.0215. The molecule has 2 fully saturated rings. The molecule has 2 rings (SSSR count). The van der Waals surface area contributed by atoms with E-state index in [4.69, 9.17) is 0 Å². The van der Waals surface area contributed by atoms with Gasteiger partial charge in [-0.2, -0.15) is 0 Å². The molecule has 0 aromatic carbocycles. The van der Waals surface area contributed by atoms with Crippen LogP contribution in [0.4, 0.5) is 0 Å². The quantitative estimate of drug-likeness (QED) is 0.709. The van der Waals surface area contributed by atoms with Crippen molar-refractivity contribution >= 4 is 0 Å². The Balaban J connectivity index is 1.84. The zero-order chi connectivity index (χ0) is 13.7. The van der Waals surface area contributed by atoms with Crippen LogP contribution in [0.25, 0.3) is 0 Å². The fraction of sp³-hybridized carbons (Fsp3) is 1.00. The van der Waals surface area contributed by atoms with Crippen molar-refractivity contribution in [2.24, 2.45) is 11.8 Å². The van der Waals surface area contributed by atoms with Gasteiger partial charge in [0.15, 0.2) is 0 Å². The Kier molecular flexibility index (Phi) is 5.67. The molecule has 0 spiro atoms. The van der Waals surface area contributed by atoms with Crippen LogP contribution < -0.4 is 5.32 Å². The molecule has 2 N–H and O–H groups in total. The van der Waals surface area contributed by atoms with Gasteiger partial charge in [0, 0.05) is 6.54 Å². The second-order valence-electron chi connectivity index (χ2n) is 6.63. The van der Waals surface area contributed by atoms with Gasteiger partial charge < -0.3 is 15.3 Å². The number of nitrogens with one attached hydrogen (secondary N) is 1. The first-order chi connectivity index (χ1) is 9.24. The molecule has 3 heteroatoms. The zero-order valence-corrected chi connectivity index (χ0v) is 12.8. The number of aliphatic hydroxyl groups is 1. The molecule has 1 aliphatic carbocycles. The van der Waals surface area contributed by atoms with Gasteiger partial charge in [-0.05, 0) is 57.2 Å². The van der Waals surface area contributed by atoms with Crippen molar-refractivity contribution in [3.63, 3.8) is 0 Å². The standard InChI is InChI=1S/C16H32N2O/c1-3-5-14-8-10-18(11-9-14)12-16(13-19,17-4-2)15-6-7-15/h14-15,17,19H,3-13H2,1-2H3. The molecule has 2 aliphatic rings. The van der Waals surface area contributed by atoms with Crippen molar-refractivity contribution < 1.29 is 5.11 Å². The van der Waals surface area contributed by atoms with Gasteiger partial charge >= 0.3 is 0 Å². The van der Waals surface area contributed by atoms with E-state index >= 15 is 0 Å². The summed E-state index contributed by atoms with van der Waals surface area (Å²) in [6, 6.07) is 0. The highest BCUT2D eigenvalue weighted by atomic mass is 16.3. The minimum Gasteiger partial charge on any atom is -0.394 e. The molecule has 0 aromatic rings. The van der Waals surface area contributed by atoms with E-state index < -0.39 is 0 Å². The van der Waals surface area contributed by atoms with Crippen LogP contribution >= 0.6 is 0 Å². The monoisotopic (exact) mass is 268 g/mol. The van der Waals surface area contributed by atoms with Crippen LogP contribution in [0.5, 0.6) is 0 Å². The lowest BCUT2D eigenvalue weighted by Crippen LogP contribution is -2.58. The van der Waals surface area contributed by atoms with E-state index in [9.17, 15) is 5.11 Å². The Morgan fingerprint density at radius 2 is 1.84 bits per heavy atom. The van der Waals surface area contributed by atoms with E-state index in [2.05, 4.69) is 24.1 Å². The Bertz CT molecular complexity index is 259. The third kappa shape index (κ3) is 3.93. The van der Waals surface area contributed by atoms with Crippen molar-refractivity contribution in [3.8, 4) is 0 Å². The van der Waals surface area contributed by atoms with Crippen LogP contribution in [0.15, 0.2) is 0 Å². The molecule has 1 saturated heterocycles. The highest BCUT2D eigenvalue weighted by molar-refractivity contribution is 5.03.